The summed E-state index contributed by atoms with van der Waals surface area (Å²) in [5.74, 6) is 0.372. The number of rotatable bonds is 5. The molecular formula is C16H33N3O2. The number of piperidine rings is 1. The Morgan fingerprint density at radius 2 is 1.86 bits per heavy atom. The van der Waals surface area contributed by atoms with Crippen LogP contribution >= 0.6 is 0 Å². The van der Waals surface area contributed by atoms with E-state index in [0.29, 0.717) is 12.0 Å². The first kappa shape index (κ1) is 18.2. The second kappa shape index (κ2) is 7.99. The van der Waals surface area contributed by atoms with Gasteiger partial charge in [0.05, 0.1) is 0 Å². The quantitative estimate of drug-likeness (QED) is 0.817. The van der Waals surface area contributed by atoms with Gasteiger partial charge in [0.15, 0.2) is 0 Å². The molecule has 0 aromatic carbocycles. The second-order valence-electron chi connectivity index (χ2n) is 7.48. The van der Waals surface area contributed by atoms with E-state index in [1.54, 1.807) is 0 Å². The summed E-state index contributed by atoms with van der Waals surface area (Å²) >= 11 is 0. The van der Waals surface area contributed by atoms with Gasteiger partial charge >= 0.3 is 6.09 Å². The summed E-state index contributed by atoms with van der Waals surface area (Å²) in [4.78, 5) is 14.3. The topological polar surface area (TPSA) is 53.6 Å². The van der Waals surface area contributed by atoms with Crippen molar-refractivity contribution < 1.29 is 9.53 Å². The van der Waals surface area contributed by atoms with Gasteiger partial charge < -0.3 is 20.3 Å². The first-order chi connectivity index (χ1) is 9.67. The molecule has 0 aromatic rings. The van der Waals surface area contributed by atoms with E-state index in [1.807, 2.05) is 20.8 Å². The van der Waals surface area contributed by atoms with Crippen molar-refractivity contribution in [3.63, 3.8) is 0 Å². The van der Waals surface area contributed by atoms with Gasteiger partial charge in [-0.25, -0.2) is 4.79 Å². The zero-order valence-electron chi connectivity index (χ0n) is 14.5. The van der Waals surface area contributed by atoms with E-state index in [1.165, 1.54) is 12.8 Å². The predicted molar refractivity (Wildman–Crippen MR) is 86.5 cm³/mol. The monoisotopic (exact) mass is 299 g/mol. The maximum absolute atomic E-state index is 11.9. The van der Waals surface area contributed by atoms with Gasteiger partial charge in [-0.15, -0.1) is 0 Å². The number of carbonyl (C=O) groups excluding carboxylic acids is 1. The first-order valence-corrected chi connectivity index (χ1v) is 8.09. The fourth-order valence-corrected chi connectivity index (χ4v) is 2.42. The molecule has 1 heterocycles. The molecule has 1 amide bonds. The number of carbonyl (C=O) groups is 1. The van der Waals surface area contributed by atoms with Gasteiger partial charge in [0.1, 0.15) is 5.60 Å². The number of hydrogen-bond acceptors (Lipinski definition) is 4. The summed E-state index contributed by atoms with van der Waals surface area (Å²) in [7, 11) is 2.16. The highest BCUT2D eigenvalue weighted by atomic mass is 16.6. The number of ether oxygens (including phenoxy) is 1. The lowest BCUT2D eigenvalue weighted by Crippen LogP contribution is -2.50. The van der Waals surface area contributed by atoms with Crippen LogP contribution in [0.5, 0.6) is 0 Å². The second-order valence-corrected chi connectivity index (χ2v) is 7.48. The standard InChI is InChI=1S/C16H33N3O2/c1-12(2)14(18-15(20)21-16(3,4)5)11-17-13-7-9-19(6)10-8-13/h12-14,17H,7-11H2,1-6H3,(H,18,20). The van der Waals surface area contributed by atoms with E-state index >= 15 is 0 Å². The average Bonchev–Trinajstić information content (AvgIpc) is 2.33. The molecular weight excluding hydrogens is 266 g/mol. The van der Waals surface area contributed by atoms with Crippen LogP contribution in [0.25, 0.3) is 0 Å². The molecule has 0 aromatic heterocycles. The van der Waals surface area contributed by atoms with Crippen molar-refractivity contribution >= 4 is 6.09 Å². The third-order valence-electron chi connectivity index (χ3n) is 3.85. The summed E-state index contributed by atoms with van der Waals surface area (Å²) in [6.07, 6.45) is 2.02. The molecule has 1 saturated heterocycles. The lowest BCUT2D eigenvalue weighted by molar-refractivity contribution is 0.0488. The summed E-state index contributed by atoms with van der Waals surface area (Å²) in [6.45, 7) is 13.0. The maximum Gasteiger partial charge on any atom is 0.407 e. The number of likely N-dealkylation sites (tertiary alicyclic amines) is 1. The zero-order valence-corrected chi connectivity index (χ0v) is 14.5. The van der Waals surface area contributed by atoms with Crippen LogP contribution in [-0.4, -0.2) is 55.4 Å². The molecule has 5 nitrogen and oxygen atoms in total. The molecule has 1 fully saturated rings. The smallest absolute Gasteiger partial charge is 0.407 e. The van der Waals surface area contributed by atoms with E-state index in [9.17, 15) is 4.79 Å². The summed E-state index contributed by atoms with van der Waals surface area (Å²) < 4.78 is 5.34. The van der Waals surface area contributed by atoms with E-state index in [0.717, 1.165) is 19.6 Å². The van der Waals surface area contributed by atoms with Crippen LogP contribution in [0.2, 0.25) is 0 Å². The Balaban J connectivity index is 2.38. The van der Waals surface area contributed by atoms with E-state index < -0.39 is 5.60 Å². The third kappa shape index (κ3) is 7.67. The Morgan fingerprint density at radius 1 is 1.29 bits per heavy atom. The zero-order chi connectivity index (χ0) is 16.0. The van der Waals surface area contributed by atoms with Crippen LogP contribution in [0.4, 0.5) is 4.79 Å². The normalized spacial score (nSPS) is 19.6. The Kier molecular flexibility index (Phi) is 6.94. The van der Waals surface area contributed by atoms with Gasteiger partial charge in [-0.3, -0.25) is 0 Å². The molecule has 1 aliphatic rings. The molecule has 2 N–H and O–H groups in total. The third-order valence-corrected chi connectivity index (χ3v) is 3.85. The van der Waals surface area contributed by atoms with Crippen molar-refractivity contribution in [3.05, 3.63) is 0 Å². The molecule has 124 valence electrons. The lowest BCUT2D eigenvalue weighted by atomic mass is 10.0. The Morgan fingerprint density at radius 3 is 2.33 bits per heavy atom. The minimum atomic E-state index is -0.451. The summed E-state index contributed by atoms with van der Waals surface area (Å²) in [5, 5.41) is 6.58. The highest BCUT2D eigenvalue weighted by Gasteiger charge is 2.23. The van der Waals surface area contributed by atoms with Gasteiger partial charge in [0.25, 0.3) is 0 Å². The van der Waals surface area contributed by atoms with Crippen LogP contribution in [0.3, 0.4) is 0 Å². The molecule has 0 radical (unpaired) electrons. The maximum atomic E-state index is 11.9. The summed E-state index contributed by atoms with van der Waals surface area (Å²) in [5.41, 5.74) is -0.451. The molecule has 0 spiro atoms. The number of nitrogens with zero attached hydrogens (tertiary/aromatic N) is 1. The van der Waals surface area contributed by atoms with Gasteiger partial charge in [-0.05, 0) is 59.7 Å². The lowest BCUT2D eigenvalue weighted by Gasteiger charge is -2.32. The van der Waals surface area contributed by atoms with Crippen LogP contribution in [0, 0.1) is 5.92 Å². The summed E-state index contributed by atoms with van der Waals surface area (Å²) in [6, 6.07) is 0.655. The van der Waals surface area contributed by atoms with Gasteiger partial charge in [0.2, 0.25) is 0 Å². The fraction of sp³-hybridized carbons (Fsp3) is 0.938. The number of nitrogens with one attached hydrogen (secondary N) is 2. The highest BCUT2D eigenvalue weighted by Crippen LogP contribution is 2.11. The van der Waals surface area contributed by atoms with Gasteiger partial charge in [-0.1, -0.05) is 13.8 Å². The highest BCUT2D eigenvalue weighted by molar-refractivity contribution is 5.68. The van der Waals surface area contributed by atoms with Crippen LogP contribution in [-0.2, 0) is 4.74 Å². The van der Waals surface area contributed by atoms with Crippen LogP contribution < -0.4 is 10.6 Å². The predicted octanol–water partition coefficient (Wildman–Crippen LogP) is 2.22. The van der Waals surface area contributed by atoms with Crippen molar-refractivity contribution in [1.82, 2.24) is 15.5 Å². The number of amides is 1. The number of hydrogen-bond donors (Lipinski definition) is 2. The Bertz CT molecular complexity index is 318. The largest absolute Gasteiger partial charge is 0.444 e. The molecule has 1 aliphatic heterocycles. The van der Waals surface area contributed by atoms with Crippen molar-refractivity contribution in [2.24, 2.45) is 5.92 Å². The SMILES string of the molecule is CC(C)C(CNC1CCN(C)CC1)NC(=O)OC(C)(C)C. The van der Waals surface area contributed by atoms with Gasteiger partial charge in [0, 0.05) is 18.6 Å². The molecule has 21 heavy (non-hydrogen) atoms. The number of alkyl carbamates (subject to hydrolysis) is 1. The molecule has 1 rings (SSSR count). The molecule has 0 aliphatic carbocycles. The van der Waals surface area contributed by atoms with Crippen molar-refractivity contribution in [1.29, 1.82) is 0 Å². The molecule has 1 unspecified atom stereocenters. The fourth-order valence-electron chi connectivity index (χ4n) is 2.42. The first-order valence-electron chi connectivity index (χ1n) is 8.09. The molecule has 1 atom stereocenters. The molecule has 0 bridgehead atoms. The van der Waals surface area contributed by atoms with Crippen LogP contribution in [0.1, 0.15) is 47.5 Å². The van der Waals surface area contributed by atoms with Gasteiger partial charge in [-0.2, -0.15) is 0 Å². The van der Waals surface area contributed by atoms with Crippen molar-refractivity contribution in [2.75, 3.05) is 26.7 Å². The molecule has 0 saturated carbocycles. The van der Waals surface area contributed by atoms with E-state index in [-0.39, 0.29) is 12.1 Å². The average molecular weight is 299 g/mol. The Hall–Kier alpha value is -0.810. The van der Waals surface area contributed by atoms with E-state index in [2.05, 4.69) is 36.4 Å². The Labute approximate surface area is 129 Å². The van der Waals surface area contributed by atoms with Crippen molar-refractivity contribution in [3.8, 4) is 0 Å². The molecule has 5 heteroatoms. The van der Waals surface area contributed by atoms with E-state index in [4.69, 9.17) is 4.74 Å². The van der Waals surface area contributed by atoms with Crippen molar-refractivity contribution in [2.45, 2.75) is 65.1 Å². The minimum absolute atomic E-state index is 0.0968. The minimum Gasteiger partial charge on any atom is -0.444 e. The van der Waals surface area contributed by atoms with Crippen LogP contribution in [0.15, 0.2) is 0 Å².